The molecule has 0 aliphatic heterocycles. The lowest BCUT2D eigenvalue weighted by atomic mass is 10.1. The average molecular weight is 200 g/mol. The quantitative estimate of drug-likeness (QED) is 0.827. The molecule has 3 nitrogen and oxygen atoms in total. The third-order valence-corrected chi connectivity index (χ3v) is 2.32. The lowest BCUT2D eigenvalue weighted by molar-refractivity contribution is 0.340. The highest BCUT2D eigenvalue weighted by molar-refractivity contribution is 5.84. The summed E-state index contributed by atoms with van der Waals surface area (Å²) in [5.41, 5.74) is 2.06. The van der Waals surface area contributed by atoms with E-state index in [1.807, 2.05) is 31.3 Å². The van der Waals surface area contributed by atoms with Crippen molar-refractivity contribution in [1.82, 2.24) is 4.98 Å². The van der Waals surface area contributed by atoms with Crippen molar-refractivity contribution in [3.8, 4) is 11.8 Å². The van der Waals surface area contributed by atoms with Gasteiger partial charge in [-0.25, -0.2) is 0 Å². The van der Waals surface area contributed by atoms with E-state index in [0.29, 0.717) is 13.0 Å². The number of fused-ring (bicyclic) bond motifs is 1. The summed E-state index contributed by atoms with van der Waals surface area (Å²) in [6.07, 6.45) is 2.32. The van der Waals surface area contributed by atoms with Crippen molar-refractivity contribution in [2.45, 2.75) is 13.3 Å². The molecule has 0 aliphatic carbocycles. The average Bonchev–Trinajstić information content (AvgIpc) is 2.62. The fourth-order valence-electron chi connectivity index (χ4n) is 1.65. The molecule has 1 aromatic carbocycles. The van der Waals surface area contributed by atoms with E-state index < -0.39 is 0 Å². The molecule has 76 valence electrons. The van der Waals surface area contributed by atoms with Crippen LogP contribution >= 0.6 is 0 Å². The number of ether oxygens (including phenoxy) is 1. The van der Waals surface area contributed by atoms with Gasteiger partial charge in [-0.05, 0) is 24.6 Å². The molecule has 0 fully saturated rings. The van der Waals surface area contributed by atoms with E-state index in [0.717, 1.165) is 22.2 Å². The molecule has 1 N–H and O–H groups in total. The van der Waals surface area contributed by atoms with Gasteiger partial charge in [0.05, 0.1) is 19.1 Å². The highest BCUT2D eigenvalue weighted by Crippen LogP contribution is 2.23. The molecule has 2 aromatic rings. The molecule has 0 unspecified atom stereocenters. The molecule has 1 aromatic heterocycles. The minimum absolute atomic E-state index is 0.438. The number of rotatable bonds is 3. The van der Waals surface area contributed by atoms with Crippen molar-refractivity contribution in [1.29, 1.82) is 5.26 Å². The van der Waals surface area contributed by atoms with Crippen molar-refractivity contribution in [2.75, 3.05) is 6.61 Å². The molecule has 0 radical (unpaired) electrons. The summed E-state index contributed by atoms with van der Waals surface area (Å²) in [6.45, 7) is 2.62. The number of aromatic amines is 1. The van der Waals surface area contributed by atoms with Gasteiger partial charge in [0.25, 0.3) is 0 Å². The van der Waals surface area contributed by atoms with Crippen molar-refractivity contribution >= 4 is 10.9 Å². The molecule has 0 amide bonds. The number of hydrogen-bond donors (Lipinski definition) is 1. The summed E-state index contributed by atoms with van der Waals surface area (Å²) in [5.74, 6) is 0.857. The van der Waals surface area contributed by atoms with Gasteiger partial charge in [0.2, 0.25) is 0 Å². The predicted molar refractivity (Wildman–Crippen MR) is 58.8 cm³/mol. The third kappa shape index (κ3) is 1.79. The molecular formula is C12H12N2O. The summed E-state index contributed by atoms with van der Waals surface area (Å²) in [4.78, 5) is 3.14. The SMILES string of the molecule is CCOc1ccc2c(CC#N)c[nH]c2c1. The Kier molecular flexibility index (Phi) is 2.59. The van der Waals surface area contributed by atoms with Crippen molar-refractivity contribution in [2.24, 2.45) is 0 Å². The van der Waals surface area contributed by atoms with Crippen LogP contribution in [0, 0.1) is 11.3 Å². The minimum atomic E-state index is 0.438. The summed E-state index contributed by atoms with van der Waals surface area (Å²) in [7, 11) is 0. The van der Waals surface area contributed by atoms with Gasteiger partial charge in [0, 0.05) is 23.2 Å². The second-order valence-electron chi connectivity index (χ2n) is 3.29. The van der Waals surface area contributed by atoms with Gasteiger partial charge < -0.3 is 9.72 Å². The van der Waals surface area contributed by atoms with Crippen LogP contribution in [0.1, 0.15) is 12.5 Å². The first-order chi connectivity index (χ1) is 7.35. The van der Waals surface area contributed by atoms with E-state index in [1.165, 1.54) is 0 Å². The molecule has 0 atom stereocenters. The lowest BCUT2D eigenvalue weighted by Gasteiger charge is -2.02. The van der Waals surface area contributed by atoms with Gasteiger partial charge in [0.15, 0.2) is 0 Å². The fraction of sp³-hybridized carbons (Fsp3) is 0.250. The zero-order valence-corrected chi connectivity index (χ0v) is 8.58. The van der Waals surface area contributed by atoms with Crippen LogP contribution in [0.3, 0.4) is 0 Å². The molecule has 0 saturated carbocycles. The zero-order chi connectivity index (χ0) is 10.7. The highest BCUT2D eigenvalue weighted by Gasteiger charge is 2.03. The number of benzene rings is 1. The van der Waals surface area contributed by atoms with Crippen LogP contribution in [0.25, 0.3) is 10.9 Å². The molecule has 3 heteroatoms. The maximum atomic E-state index is 8.65. The lowest BCUT2D eigenvalue weighted by Crippen LogP contribution is -1.90. The molecular weight excluding hydrogens is 188 g/mol. The van der Waals surface area contributed by atoms with Gasteiger partial charge in [-0.3, -0.25) is 0 Å². The first kappa shape index (κ1) is 9.60. The molecule has 0 spiro atoms. The number of aromatic nitrogens is 1. The summed E-state index contributed by atoms with van der Waals surface area (Å²) in [5, 5.41) is 9.74. The van der Waals surface area contributed by atoms with Crippen LogP contribution in [0.5, 0.6) is 5.75 Å². The number of nitriles is 1. The maximum Gasteiger partial charge on any atom is 0.121 e. The monoisotopic (exact) mass is 200 g/mol. The molecule has 0 saturated heterocycles. The third-order valence-electron chi connectivity index (χ3n) is 2.32. The first-order valence-electron chi connectivity index (χ1n) is 4.95. The molecule has 15 heavy (non-hydrogen) atoms. The molecule has 0 aliphatic rings. The second-order valence-corrected chi connectivity index (χ2v) is 3.29. The van der Waals surface area contributed by atoms with Gasteiger partial charge in [-0.1, -0.05) is 0 Å². The van der Waals surface area contributed by atoms with Crippen LogP contribution in [0.4, 0.5) is 0 Å². The Morgan fingerprint density at radius 1 is 1.47 bits per heavy atom. The van der Waals surface area contributed by atoms with Crippen molar-refractivity contribution < 1.29 is 4.74 Å². The second kappa shape index (κ2) is 4.05. The van der Waals surface area contributed by atoms with E-state index in [2.05, 4.69) is 11.1 Å². The molecule has 1 heterocycles. The Morgan fingerprint density at radius 3 is 3.07 bits per heavy atom. The van der Waals surface area contributed by atoms with Gasteiger partial charge in [0.1, 0.15) is 5.75 Å². The van der Waals surface area contributed by atoms with Crippen molar-refractivity contribution in [3.05, 3.63) is 30.0 Å². The molecule has 2 rings (SSSR count). The van der Waals surface area contributed by atoms with Gasteiger partial charge >= 0.3 is 0 Å². The Morgan fingerprint density at radius 2 is 2.33 bits per heavy atom. The molecule has 0 bridgehead atoms. The van der Waals surface area contributed by atoms with E-state index in [-0.39, 0.29) is 0 Å². The van der Waals surface area contributed by atoms with Crippen LogP contribution in [0.15, 0.2) is 24.4 Å². The topological polar surface area (TPSA) is 48.8 Å². The number of nitrogens with zero attached hydrogens (tertiary/aromatic N) is 1. The minimum Gasteiger partial charge on any atom is -0.494 e. The van der Waals surface area contributed by atoms with E-state index >= 15 is 0 Å². The Balaban J connectivity index is 2.43. The summed E-state index contributed by atoms with van der Waals surface area (Å²) >= 11 is 0. The Hall–Kier alpha value is -1.95. The summed E-state index contributed by atoms with van der Waals surface area (Å²) in [6, 6.07) is 8.03. The predicted octanol–water partition coefficient (Wildman–Crippen LogP) is 2.63. The first-order valence-corrected chi connectivity index (χ1v) is 4.95. The maximum absolute atomic E-state index is 8.65. The number of hydrogen-bond acceptors (Lipinski definition) is 2. The highest BCUT2D eigenvalue weighted by atomic mass is 16.5. The van der Waals surface area contributed by atoms with Gasteiger partial charge in [-0.15, -0.1) is 0 Å². The normalized spacial score (nSPS) is 10.1. The Bertz CT molecular complexity index is 508. The van der Waals surface area contributed by atoms with Gasteiger partial charge in [-0.2, -0.15) is 5.26 Å². The number of nitrogens with one attached hydrogen (secondary N) is 1. The summed E-state index contributed by atoms with van der Waals surface area (Å²) < 4.78 is 5.40. The van der Waals surface area contributed by atoms with Crippen LogP contribution in [-0.4, -0.2) is 11.6 Å². The number of H-pyrrole nitrogens is 1. The zero-order valence-electron chi connectivity index (χ0n) is 8.58. The fourth-order valence-corrected chi connectivity index (χ4v) is 1.65. The van der Waals surface area contributed by atoms with Crippen LogP contribution in [-0.2, 0) is 6.42 Å². The standard InChI is InChI=1S/C12H12N2O/c1-2-15-10-3-4-11-9(5-6-13)8-14-12(11)7-10/h3-4,7-8,14H,2,5H2,1H3. The largest absolute Gasteiger partial charge is 0.494 e. The van der Waals surface area contributed by atoms with Crippen LogP contribution in [0.2, 0.25) is 0 Å². The van der Waals surface area contributed by atoms with Crippen molar-refractivity contribution in [3.63, 3.8) is 0 Å². The van der Waals surface area contributed by atoms with Crippen LogP contribution < -0.4 is 4.74 Å². The van der Waals surface area contributed by atoms with E-state index in [4.69, 9.17) is 10.00 Å². The Labute approximate surface area is 88.3 Å². The smallest absolute Gasteiger partial charge is 0.121 e. The van der Waals surface area contributed by atoms with E-state index in [9.17, 15) is 0 Å². The van der Waals surface area contributed by atoms with E-state index in [1.54, 1.807) is 0 Å².